The Morgan fingerprint density at radius 1 is 1.15 bits per heavy atom. The van der Waals surface area contributed by atoms with Crippen LogP contribution in [0.2, 0.25) is 0 Å². The highest BCUT2D eigenvalue weighted by atomic mass is 127. The highest BCUT2D eigenvalue weighted by molar-refractivity contribution is 14.0. The number of hydrogen-bond donors (Lipinski definition) is 3. The van der Waals surface area contributed by atoms with Crippen LogP contribution in [0.5, 0.6) is 0 Å². The number of hydrogen-bond acceptors (Lipinski definition) is 3. The van der Waals surface area contributed by atoms with E-state index in [0.717, 1.165) is 15.0 Å². The summed E-state index contributed by atoms with van der Waals surface area (Å²) in [5, 5.41) is 17.8. The number of guanidine groups is 1. The normalized spacial score (nSPS) is 12.5. The van der Waals surface area contributed by atoms with Gasteiger partial charge in [-0.05, 0) is 35.6 Å². The lowest BCUT2D eigenvalue weighted by molar-refractivity contribution is 0.184. The van der Waals surface area contributed by atoms with Gasteiger partial charge in [0.2, 0.25) is 0 Å². The number of fused-ring (bicyclic) bond motifs is 1. The van der Waals surface area contributed by atoms with E-state index in [0.29, 0.717) is 31.0 Å². The lowest BCUT2D eigenvalue weighted by Gasteiger charge is -2.14. The molecule has 0 fully saturated rings. The first kappa shape index (κ1) is 21.6. The summed E-state index contributed by atoms with van der Waals surface area (Å²) in [6.45, 7) is 0.909. The maximum Gasteiger partial charge on any atom is 0.191 e. The molecule has 1 heterocycles. The Morgan fingerprint density at radius 2 is 1.89 bits per heavy atom. The number of aliphatic imine (C=N–C) groups is 1. The topological polar surface area (TPSA) is 56.7 Å². The van der Waals surface area contributed by atoms with Crippen LogP contribution >= 0.6 is 35.3 Å². The highest BCUT2D eigenvalue weighted by Gasteiger charge is 2.12. The number of aliphatic hydroxyl groups is 1. The zero-order valence-corrected chi connectivity index (χ0v) is 18.1. The molecule has 0 amide bonds. The third-order valence-corrected chi connectivity index (χ3v) is 5.32. The van der Waals surface area contributed by atoms with Crippen LogP contribution in [-0.2, 0) is 6.42 Å². The van der Waals surface area contributed by atoms with E-state index in [-0.39, 0.29) is 29.8 Å². The van der Waals surface area contributed by atoms with Gasteiger partial charge < -0.3 is 15.7 Å². The fourth-order valence-corrected chi connectivity index (χ4v) is 3.75. The molecule has 7 heteroatoms. The Bertz CT molecular complexity index is 867. The molecule has 0 saturated heterocycles. The molecule has 1 unspecified atom stereocenters. The highest BCUT2D eigenvalue weighted by Crippen LogP contribution is 2.29. The van der Waals surface area contributed by atoms with Crippen LogP contribution in [0.3, 0.4) is 0 Å². The average Bonchev–Trinajstić information content (AvgIpc) is 3.10. The number of rotatable bonds is 6. The second-order valence-electron chi connectivity index (χ2n) is 5.92. The first-order valence-corrected chi connectivity index (χ1v) is 9.33. The Balaban J connectivity index is 0.00000261. The van der Waals surface area contributed by atoms with Crippen molar-refractivity contribution in [1.82, 2.24) is 10.6 Å². The quantitative estimate of drug-likeness (QED) is 0.272. The molecule has 1 atom stereocenters. The Morgan fingerprint density at radius 3 is 2.63 bits per heavy atom. The molecule has 1 aromatic heterocycles. The SMILES string of the molecule is CN=C(NCCc1ccccc1F)NCC(O)c1cc2ccccc2s1.I. The number of benzene rings is 2. The Kier molecular flexibility index (Phi) is 8.46. The molecule has 27 heavy (non-hydrogen) atoms. The van der Waals surface area contributed by atoms with E-state index in [1.807, 2.05) is 36.4 Å². The number of nitrogens with one attached hydrogen (secondary N) is 2. The summed E-state index contributed by atoms with van der Waals surface area (Å²) in [7, 11) is 1.67. The molecule has 0 aliphatic rings. The van der Waals surface area contributed by atoms with Crippen LogP contribution in [0.1, 0.15) is 16.5 Å². The Hall–Kier alpha value is -1.71. The van der Waals surface area contributed by atoms with Gasteiger partial charge in [0.25, 0.3) is 0 Å². The van der Waals surface area contributed by atoms with Gasteiger partial charge in [0, 0.05) is 29.7 Å². The molecule has 4 nitrogen and oxygen atoms in total. The van der Waals surface area contributed by atoms with Crippen molar-refractivity contribution in [3.8, 4) is 0 Å². The molecule has 2 aromatic carbocycles. The first-order chi connectivity index (χ1) is 12.7. The van der Waals surface area contributed by atoms with Gasteiger partial charge in [-0.15, -0.1) is 35.3 Å². The minimum atomic E-state index is -0.613. The summed E-state index contributed by atoms with van der Waals surface area (Å²) in [6.07, 6.45) is -0.0517. The third-order valence-electron chi connectivity index (χ3n) is 4.10. The minimum Gasteiger partial charge on any atom is -0.386 e. The molecule has 0 radical (unpaired) electrons. The van der Waals surface area contributed by atoms with Crippen molar-refractivity contribution in [2.24, 2.45) is 4.99 Å². The van der Waals surface area contributed by atoms with Crippen molar-refractivity contribution in [3.05, 3.63) is 70.9 Å². The maximum absolute atomic E-state index is 13.6. The molecular weight excluding hydrogens is 476 g/mol. The van der Waals surface area contributed by atoms with Crippen molar-refractivity contribution in [2.75, 3.05) is 20.1 Å². The van der Waals surface area contributed by atoms with Gasteiger partial charge in [-0.3, -0.25) is 4.99 Å². The lowest BCUT2D eigenvalue weighted by Crippen LogP contribution is -2.40. The number of halogens is 2. The van der Waals surface area contributed by atoms with E-state index in [1.54, 1.807) is 30.5 Å². The van der Waals surface area contributed by atoms with Gasteiger partial charge >= 0.3 is 0 Å². The molecule has 0 saturated carbocycles. The van der Waals surface area contributed by atoms with Crippen LogP contribution in [0, 0.1) is 5.82 Å². The minimum absolute atomic E-state index is 0. The monoisotopic (exact) mass is 499 g/mol. The van der Waals surface area contributed by atoms with Gasteiger partial charge in [-0.25, -0.2) is 4.39 Å². The van der Waals surface area contributed by atoms with Gasteiger partial charge in [-0.2, -0.15) is 0 Å². The van der Waals surface area contributed by atoms with Crippen LogP contribution in [0.4, 0.5) is 4.39 Å². The summed E-state index contributed by atoms with van der Waals surface area (Å²) in [5.41, 5.74) is 0.667. The molecular formula is C20H23FIN3OS. The fourth-order valence-electron chi connectivity index (χ4n) is 2.70. The number of nitrogens with zero attached hydrogens (tertiary/aromatic N) is 1. The van der Waals surface area contributed by atoms with Crippen molar-refractivity contribution in [1.29, 1.82) is 0 Å². The van der Waals surface area contributed by atoms with Gasteiger partial charge in [0.1, 0.15) is 11.9 Å². The molecule has 0 aliphatic heterocycles. The summed E-state index contributed by atoms with van der Waals surface area (Å²) < 4.78 is 14.8. The zero-order chi connectivity index (χ0) is 18.4. The molecule has 0 bridgehead atoms. The summed E-state index contributed by atoms with van der Waals surface area (Å²) in [6, 6.07) is 16.8. The van der Waals surface area contributed by atoms with E-state index < -0.39 is 6.10 Å². The molecule has 3 aromatic rings. The number of aliphatic hydroxyl groups excluding tert-OH is 1. The van der Waals surface area contributed by atoms with Crippen LogP contribution in [-0.4, -0.2) is 31.2 Å². The van der Waals surface area contributed by atoms with Crippen molar-refractivity contribution in [2.45, 2.75) is 12.5 Å². The predicted molar refractivity (Wildman–Crippen MR) is 122 cm³/mol. The summed E-state index contributed by atoms with van der Waals surface area (Å²) in [4.78, 5) is 5.06. The van der Waals surface area contributed by atoms with Crippen LogP contribution in [0.25, 0.3) is 10.1 Å². The predicted octanol–water partition coefficient (Wildman–Crippen LogP) is 4.10. The number of thiophene rings is 1. The van der Waals surface area contributed by atoms with Crippen LogP contribution < -0.4 is 10.6 Å². The van der Waals surface area contributed by atoms with Crippen molar-refractivity contribution < 1.29 is 9.50 Å². The van der Waals surface area contributed by atoms with E-state index in [2.05, 4.69) is 15.6 Å². The second-order valence-corrected chi connectivity index (χ2v) is 7.04. The summed E-state index contributed by atoms with van der Waals surface area (Å²) in [5.74, 6) is 0.388. The van der Waals surface area contributed by atoms with Crippen LogP contribution in [0.15, 0.2) is 59.6 Å². The lowest BCUT2D eigenvalue weighted by atomic mass is 10.1. The second kappa shape index (κ2) is 10.6. The third kappa shape index (κ3) is 5.88. The maximum atomic E-state index is 13.6. The van der Waals surface area contributed by atoms with Crippen molar-refractivity contribution >= 4 is 51.4 Å². The molecule has 144 valence electrons. The van der Waals surface area contributed by atoms with Gasteiger partial charge in [0.15, 0.2) is 5.96 Å². The fraction of sp³-hybridized carbons (Fsp3) is 0.250. The van der Waals surface area contributed by atoms with E-state index in [4.69, 9.17) is 0 Å². The smallest absolute Gasteiger partial charge is 0.191 e. The van der Waals surface area contributed by atoms with Gasteiger partial charge in [-0.1, -0.05) is 36.4 Å². The average molecular weight is 499 g/mol. The molecule has 0 spiro atoms. The summed E-state index contributed by atoms with van der Waals surface area (Å²) >= 11 is 1.59. The molecule has 0 aliphatic carbocycles. The molecule has 3 N–H and O–H groups in total. The van der Waals surface area contributed by atoms with Crippen molar-refractivity contribution in [3.63, 3.8) is 0 Å². The van der Waals surface area contributed by atoms with E-state index in [1.165, 1.54) is 6.07 Å². The van der Waals surface area contributed by atoms with E-state index in [9.17, 15) is 9.50 Å². The van der Waals surface area contributed by atoms with Gasteiger partial charge in [0.05, 0.1) is 0 Å². The standard InChI is InChI=1S/C20H22FN3OS.HI/c1-22-20(23-11-10-14-6-2-4-8-16(14)21)24-13-17(25)19-12-15-7-3-5-9-18(15)26-19;/h2-9,12,17,25H,10-11,13H2,1H3,(H2,22,23,24);1H. The van der Waals surface area contributed by atoms with E-state index >= 15 is 0 Å². The first-order valence-electron chi connectivity index (χ1n) is 8.52. The molecule has 3 rings (SSSR count). The Labute approximate surface area is 179 Å². The zero-order valence-electron chi connectivity index (χ0n) is 15.0. The largest absolute Gasteiger partial charge is 0.386 e.